The average Bonchev–Trinajstić information content (AvgIpc) is 2.76. The SMILES string of the molecule is Cc1ccc(C(=O)NCCNC(=O)C2Cc3ccccc3CN2C(=O)CC(C)C)cc1F. The molecule has 1 heterocycles. The summed E-state index contributed by atoms with van der Waals surface area (Å²) in [6.07, 6.45) is 0.843. The highest BCUT2D eigenvalue weighted by atomic mass is 19.1. The quantitative estimate of drug-likeness (QED) is 0.651. The monoisotopic (exact) mass is 439 g/mol. The third-order valence-electron chi connectivity index (χ3n) is 5.60. The van der Waals surface area contributed by atoms with Crippen molar-refractivity contribution in [3.05, 3.63) is 70.5 Å². The first-order chi connectivity index (χ1) is 15.3. The maximum absolute atomic E-state index is 13.7. The molecular weight excluding hydrogens is 409 g/mol. The van der Waals surface area contributed by atoms with Gasteiger partial charge >= 0.3 is 0 Å². The number of carbonyl (C=O) groups is 3. The van der Waals surface area contributed by atoms with Gasteiger partial charge in [0.15, 0.2) is 0 Å². The topological polar surface area (TPSA) is 78.5 Å². The van der Waals surface area contributed by atoms with Crippen LogP contribution in [-0.2, 0) is 22.6 Å². The summed E-state index contributed by atoms with van der Waals surface area (Å²) in [5, 5.41) is 5.51. The highest BCUT2D eigenvalue weighted by molar-refractivity contribution is 5.94. The molecule has 7 heteroatoms. The van der Waals surface area contributed by atoms with Crippen molar-refractivity contribution in [1.82, 2.24) is 15.5 Å². The standard InChI is InChI=1S/C25H30FN3O3/c1-16(2)12-23(30)29-15-20-7-5-4-6-18(20)14-22(29)25(32)28-11-10-27-24(31)19-9-8-17(3)21(26)13-19/h4-9,13,16,22H,10-12,14-15H2,1-3H3,(H,27,31)(H,28,32). The second kappa shape index (κ2) is 10.4. The Hall–Kier alpha value is -3.22. The van der Waals surface area contributed by atoms with Gasteiger partial charge in [0.25, 0.3) is 5.91 Å². The van der Waals surface area contributed by atoms with Gasteiger partial charge in [-0.25, -0.2) is 4.39 Å². The molecule has 0 radical (unpaired) electrons. The van der Waals surface area contributed by atoms with Crippen LogP contribution in [0.15, 0.2) is 42.5 Å². The lowest BCUT2D eigenvalue weighted by atomic mass is 9.92. The van der Waals surface area contributed by atoms with E-state index in [4.69, 9.17) is 0 Å². The summed E-state index contributed by atoms with van der Waals surface area (Å²) < 4.78 is 13.7. The Bertz CT molecular complexity index is 1010. The summed E-state index contributed by atoms with van der Waals surface area (Å²) in [4.78, 5) is 39.6. The number of halogens is 1. The maximum Gasteiger partial charge on any atom is 0.251 e. The number of aryl methyl sites for hydroxylation is 1. The lowest BCUT2D eigenvalue weighted by Gasteiger charge is -2.36. The lowest BCUT2D eigenvalue weighted by Crippen LogP contribution is -2.53. The summed E-state index contributed by atoms with van der Waals surface area (Å²) in [5.41, 5.74) is 2.83. The minimum Gasteiger partial charge on any atom is -0.353 e. The maximum atomic E-state index is 13.7. The van der Waals surface area contributed by atoms with Gasteiger partial charge in [-0.2, -0.15) is 0 Å². The Labute approximate surface area is 188 Å². The van der Waals surface area contributed by atoms with Gasteiger partial charge in [0.2, 0.25) is 11.8 Å². The molecule has 0 fully saturated rings. The predicted octanol–water partition coefficient (Wildman–Crippen LogP) is 2.98. The largest absolute Gasteiger partial charge is 0.353 e. The van der Waals surface area contributed by atoms with E-state index in [1.54, 1.807) is 24.0 Å². The molecule has 2 aromatic rings. The zero-order valence-corrected chi connectivity index (χ0v) is 18.8. The van der Waals surface area contributed by atoms with Gasteiger partial charge in [-0.3, -0.25) is 14.4 Å². The van der Waals surface area contributed by atoms with Crippen LogP contribution < -0.4 is 10.6 Å². The van der Waals surface area contributed by atoms with Crippen molar-refractivity contribution >= 4 is 17.7 Å². The molecule has 0 spiro atoms. The number of hydrogen-bond acceptors (Lipinski definition) is 3. The molecule has 1 unspecified atom stereocenters. The number of nitrogens with one attached hydrogen (secondary N) is 2. The molecular formula is C25H30FN3O3. The molecule has 1 atom stereocenters. The Morgan fingerprint density at radius 1 is 1.06 bits per heavy atom. The van der Waals surface area contributed by atoms with E-state index in [-0.39, 0.29) is 36.4 Å². The molecule has 0 bridgehead atoms. The van der Waals surface area contributed by atoms with Gasteiger partial charge in [-0.05, 0) is 41.7 Å². The fourth-order valence-electron chi connectivity index (χ4n) is 3.80. The third kappa shape index (κ3) is 5.72. The molecule has 2 aromatic carbocycles. The average molecular weight is 440 g/mol. The number of carbonyl (C=O) groups excluding carboxylic acids is 3. The molecule has 0 aromatic heterocycles. The molecule has 0 saturated heterocycles. The molecule has 3 rings (SSSR count). The van der Waals surface area contributed by atoms with Crippen LogP contribution >= 0.6 is 0 Å². The van der Waals surface area contributed by atoms with Crippen LogP contribution in [0.3, 0.4) is 0 Å². The smallest absolute Gasteiger partial charge is 0.251 e. The Morgan fingerprint density at radius 2 is 1.75 bits per heavy atom. The molecule has 0 saturated carbocycles. The van der Waals surface area contributed by atoms with Crippen molar-refractivity contribution in [3.8, 4) is 0 Å². The van der Waals surface area contributed by atoms with Crippen molar-refractivity contribution in [3.63, 3.8) is 0 Å². The molecule has 2 N–H and O–H groups in total. The van der Waals surface area contributed by atoms with Gasteiger partial charge in [0.05, 0.1) is 0 Å². The second-order valence-electron chi connectivity index (χ2n) is 8.62. The molecule has 1 aliphatic heterocycles. The van der Waals surface area contributed by atoms with Gasteiger partial charge in [-0.1, -0.05) is 44.2 Å². The minimum atomic E-state index is -0.585. The Morgan fingerprint density at radius 3 is 2.44 bits per heavy atom. The van der Waals surface area contributed by atoms with E-state index in [9.17, 15) is 18.8 Å². The van der Waals surface area contributed by atoms with Crippen LogP contribution in [0, 0.1) is 18.7 Å². The van der Waals surface area contributed by atoms with Crippen LogP contribution in [0.1, 0.15) is 47.3 Å². The molecule has 0 aliphatic carbocycles. The first-order valence-corrected chi connectivity index (χ1v) is 10.9. The minimum absolute atomic E-state index is 0.0376. The van der Waals surface area contributed by atoms with Crippen molar-refractivity contribution < 1.29 is 18.8 Å². The number of fused-ring (bicyclic) bond motifs is 1. The Balaban J connectivity index is 1.58. The zero-order chi connectivity index (χ0) is 23.3. The van der Waals surface area contributed by atoms with E-state index < -0.39 is 17.8 Å². The summed E-state index contributed by atoms with van der Waals surface area (Å²) in [6.45, 7) is 6.41. The van der Waals surface area contributed by atoms with Crippen molar-refractivity contribution in [2.24, 2.45) is 5.92 Å². The predicted molar refractivity (Wildman–Crippen MR) is 120 cm³/mol. The fraction of sp³-hybridized carbons (Fsp3) is 0.400. The number of hydrogen-bond donors (Lipinski definition) is 2. The van der Waals surface area contributed by atoms with Gasteiger partial charge in [0.1, 0.15) is 11.9 Å². The van der Waals surface area contributed by atoms with E-state index in [1.807, 2.05) is 38.1 Å². The van der Waals surface area contributed by atoms with Gasteiger partial charge < -0.3 is 15.5 Å². The van der Waals surface area contributed by atoms with Gasteiger partial charge in [-0.15, -0.1) is 0 Å². The van der Waals surface area contributed by atoms with E-state index in [0.717, 1.165) is 11.1 Å². The van der Waals surface area contributed by atoms with Gasteiger partial charge in [0, 0.05) is 38.0 Å². The third-order valence-corrected chi connectivity index (χ3v) is 5.60. The van der Waals surface area contributed by atoms with Crippen molar-refractivity contribution in [2.75, 3.05) is 13.1 Å². The summed E-state index contributed by atoms with van der Waals surface area (Å²) in [7, 11) is 0. The summed E-state index contributed by atoms with van der Waals surface area (Å²) in [6, 6.07) is 11.6. The molecule has 3 amide bonds. The van der Waals surface area contributed by atoms with E-state index in [0.29, 0.717) is 24.9 Å². The van der Waals surface area contributed by atoms with Crippen LogP contribution in [-0.4, -0.2) is 41.8 Å². The zero-order valence-electron chi connectivity index (χ0n) is 18.8. The molecule has 6 nitrogen and oxygen atoms in total. The number of amides is 3. The number of benzene rings is 2. The molecule has 32 heavy (non-hydrogen) atoms. The lowest BCUT2D eigenvalue weighted by molar-refractivity contribution is -0.142. The van der Waals surface area contributed by atoms with Crippen molar-refractivity contribution in [1.29, 1.82) is 0 Å². The fourth-order valence-corrected chi connectivity index (χ4v) is 3.80. The first kappa shape index (κ1) is 23.4. The Kier molecular flexibility index (Phi) is 7.62. The molecule has 170 valence electrons. The van der Waals surface area contributed by atoms with E-state index >= 15 is 0 Å². The first-order valence-electron chi connectivity index (χ1n) is 10.9. The van der Waals surface area contributed by atoms with Crippen molar-refractivity contribution in [2.45, 2.75) is 46.2 Å². The summed E-state index contributed by atoms with van der Waals surface area (Å²) in [5.74, 6) is -0.921. The van der Waals surface area contributed by atoms with Crippen LogP contribution in [0.5, 0.6) is 0 Å². The number of rotatable bonds is 7. The normalized spacial score (nSPS) is 15.3. The van der Waals surface area contributed by atoms with Crippen LogP contribution in [0.25, 0.3) is 0 Å². The van der Waals surface area contributed by atoms with Crippen LogP contribution in [0.2, 0.25) is 0 Å². The van der Waals surface area contributed by atoms with E-state index in [1.165, 1.54) is 6.07 Å². The second-order valence-corrected chi connectivity index (χ2v) is 8.62. The highest BCUT2D eigenvalue weighted by Gasteiger charge is 2.34. The summed E-state index contributed by atoms with van der Waals surface area (Å²) >= 11 is 0. The van der Waals surface area contributed by atoms with Crippen LogP contribution in [0.4, 0.5) is 4.39 Å². The highest BCUT2D eigenvalue weighted by Crippen LogP contribution is 2.25. The number of nitrogens with zero attached hydrogens (tertiary/aromatic N) is 1. The van der Waals surface area contributed by atoms with E-state index in [2.05, 4.69) is 10.6 Å². The molecule has 1 aliphatic rings.